The van der Waals surface area contributed by atoms with E-state index in [1.807, 2.05) is 0 Å². The van der Waals surface area contributed by atoms with E-state index < -0.39 is 0 Å². The minimum absolute atomic E-state index is 0.575. The molecule has 0 aliphatic carbocycles. The Hall–Kier alpha value is 0.240. The summed E-state index contributed by atoms with van der Waals surface area (Å²) in [5.41, 5.74) is 5.27. The van der Waals surface area contributed by atoms with Crippen molar-refractivity contribution < 1.29 is 0 Å². The summed E-state index contributed by atoms with van der Waals surface area (Å²) >= 11 is 6.27. The fraction of sp³-hybridized carbons (Fsp3) is 0.833. The lowest BCUT2D eigenvalue weighted by atomic mass is 10.3. The fourth-order valence-electron chi connectivity index (χ4n) is 0.525. The lowest BCUT2D eigenvalue weighted by Gasteiger charge is -1.95. The Morgan fingerprint density at radius 3 is 2.67 bits per heavy atom. The molecule has 1 nitrogen and oxygen atoms in total. The Morgan fingerprint density at radius 1 is 1.56 bits per heavy atom. The van der Waals surface area contributed by atoms with Crippen LogP contribution in [-0.2, 0) is 0 Å². The first-order valence-corrected chi connectivity index (χ1v) is 4.59. The van der Waals surface area contributed by atoms with Gasteiger partial charge in [-0.25, -0.2) is 0 Å². The molecule has 0 aromatic carbocycles. The van der Waals surface area contributed by atoms with Crippen molar-refractivity contribution in [1.29, 1.82) is 0 Å². The predicted octanol–water partition coefficient (Wildman–Crippen LogP) is 2.15. The van der Waals surface area contributed by atoms with Gasteiger partial charge in [0.15, 0.2) is 0 Å². The normalized spacial score (nSPS) is 9.44. The number of hydrogen-bond acceptors (Lipinski definition) is 2. The third-order valence-electron chi connectivity index (χ3n) is 0.992. The minimum Gasteiger partial charge on any atom is -0.385 e. The van der Waals surface area contributed by atoms with Gasteiger partial charge in [0.05, 0.1) is 0 Å². The Bertz CT molecular complexity index is 83.1. The van der Waals surface area contributed by atoms with Crippen LogP contribution in [-0.4, -0.2) is 10.1 Å². The van der Waals surface area contributed by atoms with Crippen molar-refractivity contribution in [2.75, 3.05) is 5.75 Å². The molecule has 2 N–H and O–H groups in total. The van der Waals surface area contributed by atoms with Gasteiger partial charge in [-0.2, -0.15) is 0 Å². The van der Waals surface area contributed by atoms with Gasteiger partial charge in [0.25, 0.3) is 0 Å². The second-order valence-electron chi connectivity index (χ2n) is 1.87. The molecule has 0 aliphatic rings. The maximum atomic E-state index is 5.27. The molecule has 0 fully saturated rings. The van der Waals surface area contributed by atoms with Crippen molar-refractivity contribution >= 4 is 28.3 Å². The van der Waals surface area contributed by atoms with Crippen molar-refractivity contribution in [1.82, 2.24) is 0 Å². The minimum atomic E-state index is 0.575. The van der Waals surface area contributed by atoms with Gasteiger partial charge < -0.3 is 5.73 Å². The highest BCUT2D eigenvalue weighted by atomic mass is 32.2. The highest BCUT2D eigenvalue weighted by molar-refractivity contribution is 8.22. The van der Waals surface area contributed by atoms with Crippen molar-refractivity contribution in [2.45, 2.75) is 26.2 Å². The molecule has 54 valence electrons. The quantitative estimate of drug-likeness (QED) is 0.508. The SMILES string of the molecule is CCCCCSC(N)=S. The second-order valence-corrected chi connectivity index (χ2v) is 3.71. The van der Waals surface area contributed by atoms with Crippen LogP contribution in [0.4, 0.5) is 0 Å². The van der Waals surface area contributed by atoms with Gasteiger partial charge in [-0.05, 0) is 6.42 Å². The molecule has 0 aromatic rings. The fourth-order valence-corrected chi connectivity index (χ4v) is 1.32. The summed E-state index contributed by atoms with van der Waals surface area (Å²) in [7, 11) is 0. The zero-order valence-corrected chi connectivity index (χ0v) is 7.36. The van der Waals surface area contributed by atoms with Gasteiger partial charge in [-0.15, -0.1) is 0 Å². The van der Waals surface area contributed by atoms with Gasteiger partial charge >= 0.3 is 0 Å². The van der Waals surface area contributed by atoms with E-state index in [0.29, 0.717) is 4.32 Å². The van der Waals surface area contributed by atoms with E-state index in [4.69, 9.17) is 5.73 Å². The molecule has 0 saturated carbocycles. The average Bonchev–Trinajstić information content (AvgIpc) is 1.80. The summed E-state index contributed by atoms with van der Waals surface area (Å²) in [5, 5.41) is 0. The predicted molar refractivity (Wildman–Crippen MR) is 48.8 cm³/mol. The largest absolute Gasteiger partial charge is 0.385 e. The van der Waals surface area contributed by atoms with Gasteiger partial charge in [0.1, 0.15) is 4.32 Å². The van der Waals surface area contributed by atoms with Crippen LogP contribution in [0.5, 0.6) is 0 Å². The lowest BCUT2D eigenvalue weighted by molar-refractivity contribution is 0.779. The molecule has 0 spiro atoms. The molecule has 9 heavy (non-hydrogen) atoms. The number of hydrogen-bond donors (Lipinski definition) is 1. The zero-order valence-electron chi connectivity index (χ0n) is 5.72. The molecule has 0 aliphatic heterocycles. The zero-order chi connectivity index (χ0) is 7.11. The Morgan fingerprint density at radius 2 is 2.22 bits per heavy atom. The van der Waals surface area contributed by atoms with Gasteiger partial charge in [0.2, 0.25) is 0 Å². The Labute approximate surface area is 66.4 Å². The van der Waals surface area contributed by atoms with E-state index in [1.54, 1.807) is 11.8 Å². The Balaban J connectivity index is 2.83. The van der Waals surface area contributed by atoms with E-state index in [9.17, 15) is 0 Å². The molecule has 0 unspecified atom stereocenters. The van der Waals surface area contributed by atoms with Crippen molar-refractivity contribution in [3.8, 4) is 0 Å². The summed E-state index contributed by atoms with van der Waals surface area (Å²) in [6.07, 6.45) is 3.78. The summed E-state index contributed by atoms with van der Waals surface area (Å²) in [6.45, 7) is 2.19. The summed E-state index contributed by atoms with van der Waals surface area (Å²) in [5.74, 6) is 1.09. The first kappa shape index (κ1) is 9.24. The molecule has 3 heteroatoms. The van der Waals surface area contributed by atoms with Gasteiger partial charge in [0, 0.05) is 5.75 Å². The van der Waals surface area contributed by atoms with E-state index in [-0.39, 0.29) is 0 Å². The number of thioether (sulfide) groups is 1. The molecular formula is C6H13NS2. The lowest BCUT2D eigenvalue weighted by Crippen LogP contribution is -2.02. The molecule has 0 bridgehead atoms. The molecule has 0 rings (SSSR count). The van der Waals surface area contributed by atoms with Crippen LogP contribution < -0.4 is 5.73 Å². The summed E-state index contributed by atoms with van der Waals surface area (Å²) < 4.78 is 0.575. The molecule has 0 atom stereocenters. The van der Waals surface area contributed by atoms with E-state index in [2.05, 4.69) is 19.1 Å². The highest BCUT2D eigenvalue weighted by Crippen LogP contribution is 2.05. The van der Waals surface area contributed by atoms with Crippen molar-refractivity contribution in [3.05, 3.63) is 0 Å². The third kappa shape index (κ3) is 8.24. The van der Waals surface area contributed by atoms with E-state index in [1.165, 1.54) is 19.3 Å². The average molecular weight is 163 g/mol. The highest BCUT2D eigenvalue weighted by Gasteiger charge is 1.88. The molecule has 0 amide bonds. The number of unbranched alkanes of at least 4 members (excludes halogenated alkanes) is 2. The molecule has 0 aromatic heterocycles. The number of nitrogens with two attached hydrogens (primary N) is 1. The van der Waals surface area contributed by atoms with Crippen LogP contribution in [0.3, 0.4) is 0 Å². The maximum Gasteiger partial charge on any atom is 0.131 e. The first-order chi connectivity index (χ1) is 4.27. The number of rotatable bonds is 4. The van der Waals surface area contributed by atoms with Crippen LogP contribution >= 0.6 is 24.0 Å². The Kier molecular flexibility index (Phi) is 6.53. The molecule has 0 saturated heterocycles. The first-order valence-electron chi connectivity index (χ1n) is 3.19. The van der Waals surface area contributed by atoms with Gasteiger partial charge in [-0.1, -0.05) is 43.7 Å². The smallest absolute Gasteiger partial charge is 0.131 e. The topological polar surface area (TPSA) is 26.0 Å². The van der Waals surface area contributed by atoms with Crippen LogP contribution in [0.2, 0.25) is 0 Å². The van der Waals surface area contributed by atoms with E-state index >= 15 is 0 Å². The van der Waals surface area contributed by atoms with Crippen LogP contribution in [0.15, 0.2) is 0 Å². The second kappa shape index (κ2) is 6.36. The molecular weight excluding hydrogens is 150 g/mol. The van der Waals surface area contributed by atoms with Crippen LogP contribution in [0.25, 0.3) is 0 Å². The van der Waals surface area contributed by atoms with Crippen molar-refractivity contribution in [2.24, 2.45) is 5.73 Å². The monoisotopic (exact) mass is 163 g/mol. The van der Waals surface area contributed by atoms with Crippen LogP contribution in [0, 0.1) is 0 Å². The summed E-state index contributed by atoms with van der Waals surface area (Å²) in [6, 6.07) is 0. The standard InChI is InChI=1S/C6H13NS2/c1-2-3-4-5-9-6(7)8/h2-5H2,1H3,(H2,7,8). The molecule has 0 radical (unpaired) electrons. The maximum absolute atomic E-state index is 5.27. The molecule has 0 heterocycles. The number of thiocarbonyl (C=S) groups is 1. The van der Waals surface area contributed by atoms with E-state index in [0.717, 1.165) is 5.75 Å². The van der Waals surface area contributed by atoms with Gasteiger partial charge in [-0.3, -0.25) is 0 Å². The third-order valence-corrected chi connectivity index (χ3v) is 2.12. The van der Waals surface area contributed by atoms with Crippen LogP contribution in [0.1, 0.15) is 26.2 Å². The van der Waals surface area contributed by atoms with Crippen molar-refractivity contribution in [3.63, 3.8) is 0 Å². The summed E-state index contributed by atoms with van der Waals surface area (Å²) in [4.78, 5) is 0.